The Morgan fingerprint density at radius 2 is 2.31 bits per heavy atom. The van der Waals surface area contributed by atoms with Gasteiger partial charge in [-0.15, -0.1) is 0 Å². The number of rotatable bonds is 3. The van der Waals surface area contributed by atoms with Gasteiger partial charge in [0, 0.05) is 11.8 Å². The van der Waals surface area contributed by atoms with Crippen LogP contribution in [0.5, 0.6) is 0 Å². The van der Waals surface area contributed by atoms with Gasteiger partial charge in [0.15, 0.2) is 4.67 Å². The Morgan fingerprint density at radius 3 is 2.69 bits per heavy atom. The van der Waals surface area contributed by atoms with Crippen molar-refractivity contribution in [2.75, 3.05) is 0 Å². The highest BCUT2D eigenvalue weighted by atomic mass is 79.9. The lowest BCUT2D eigenvalue weighted by Crippen LogP contribution is -2.20. The van der Waals surface area contributed by atoms with Crippen LogP contribution in [-0.4, -0.2) is 11.2 Å². The quantitative estimate of drug-likeness (QED) is 0.888. The molecule has 0 saturated heterocycles. The molecule has 1 atom stereocenters. The van der Waals surface area contributed by atoms with Gasteiger partial charge in [-0.25, -0.2) is 0 Å². The molecule has 1 heterocycles. The largest absolute Gasteiger partial charge is 0.454 e. The van der Waals surface area contributed by atoms with E-state index in [9.17, 15) is 5.11 Å². The maximum Gasteiger partial charge on any atom is 0.169 e. The van der Waals surface area contributed by atoms with Crippen LogP contribution in [0.2, 0.25) is 0 Å². The zero-order valence-electron chi connectivity index (χ0n) is 7.59. The van der Waals surface area contributed by atoms with Crippen LogP contribution in [0.3, 0.4) is 0 Å². The summed E-state index contributed by atoms with van der Waals surface area (Å²) in [4.78, 5) is 0. The lowest BCUT2D eigenvalue weighted by Gasteiger charge is -2.16. The molecule has 1 unspecified atom stereocenters. The molecule has 2 rings (SSSR count). The molecule has 1 aliphatic carbocycles. The fourth-order valence-corrected chi connectivity index (χ4v) is 2.04. The van der Waals surface area contributed by atoms with Crippen LogP contribution in [0.1, 0.15) is 25.5 Å². The Hall–Kier alpha value is -0.280. The number of hydrogen-bond donors (Lipinski definition) is 1. The summed E-state index contributed by atoms with van der Waals surface area (Å²) in [6.07, 6.45) is 2.86. The first-order chi connectivity index (χ1) is 6.12. The van der Waals surface area contributed by atoms with E-state index in [1.54, 1.807) is 0 Å². The van der Waals surface area contributed by atoms with Crippen LogP contribution in [0.4, 0.5) is 0 Å². The second-order valence-electron chi connectivity index (χ2n) is 3.92. The van der Waals surface area contributed by atoms with Crippen LogP contribution in [-0.2, 0) is 6.42 Å². The number of furan rings is 1. The molecule has 0 aliphatic heterocycles. The molecule has 13 heavy (non-hydrogen) atoms. The third kappa shape index (κ3) is 1.81. The van der Waals surface area contributed by atoms with Gasteiger partial charge in [0.25, 0.3) is 0 Å². The van der Waals surface area contributed by atoms with Gasteiger partial charge >= 0.3 is 0 Å². The van der Waals surface area contributed by atoms with Crippen LogP contribution in [0.15, 0.2) is 21.2 Å². The first-order valence-electron chi connectivity index (χ1n) is 4.55. The van der Waals surface area contributed by atoms with Gasteiger partial charge in [-0.3, -0.25) is 0 Å². The van der Waals surface area contributed by atoms with E-state index in [1.807, 2.05) is 19.1 Å². The van der Waals surface area contributed by atoms with Crippen molar-refractivity contribution in [1.82, 2.24) is 0 Å². The smallest absolute Gasteiger partial charge is 0.169 e. The molecule has 0 aromatic carbocycles. The van der Waals surface area contributed by atoms with Crippen LogP contribution in [0.25, 0.3) is 0 Å². The summed E-state index contributed by atoms with van der Waals surface area (Å²) in [5.74, 6) is 0.963. The Labute approximate surface area is 86.1 Å². The number of aliphatic hydroxyl groups is 1. The molecule has 2 nitrogen and oxygen atoms in total. The van der Waals surface area contributed by atoms with Crippen molar-refractivity contribution in [2.45, 2.75) is 32.3 Å². The first-order valence-corrected chi connectivity index (χ1v) is 5.34. The molecule has 1 saturated carbocycles. The number of halogens is 1. The first kappa shape index (κ1) is 9.28. The molecule has 1 aliphatic rings. The van der Waals surface area contributed by atoms with E-state index in [0.29, 0.717) is 0 Å². The summed E-state index contributed by atoms with van der Waals surface area (Å²) in [6, 6.07) is 3.86. The Morgan fingerprint density at radius 1 is 1.62 bits per heavy atom. The van der Waals surface area contributed by atoms with E-state index in [-0.39, 0.29) is 11.5 Å². The summed E-state index contributed by atoms with van der Waals surface area (Å²) in [5.41, 5.74) is 0.108. The molecular weight excluding hydrogens is 232 g/mol. The van der Waals surface area contributed by atoms with Crippen molar-refractivity contribution in [3.05, 3.63) is 22.6 Å². The number of aliphatic hydroxyl groups excluding tert-OH is 1. The highest BCUT2D eigenvalue weighted by Crippen LogP contribution is 2.51. The summed E-state index contributed by atoms with van der Waals surface area (Å²) < 4.78 is 6.18. The van der Waals surface area contributed by atoms with Crippen molar-refractivity contribution in [1.29, 1.82) is 0 Å². The minimum absolute atomic E-state index is 0.108. The highest BCUT2D eigenvalue weighted by molar-refractivity contribution is 9.10. The third-order valence-electron chi connectivity index (χ3n) is 2.93. The van der Waals surface area contributed by atoms with Crippen LogP contribution >= 0.6 is 15.9 Å². The summed E-state index contributed by atoms with van der Waals surface area (Å²) in [6.45, 7) is 1.87. The lowest BCUT2D eigenvalue weighted by atomic mass is 9.95. The second kappa shape index (κ2) is 3.14. The van der Waals surface area contributed by atoms with Crippen molar-refractivity contribution in [3.63, 3.8) is 0 Å². The van der Waals surface area contributed by atoms with Crippen molar-refractivity contribution in [3.8, 4) is 0 Å². The van der Waals surface area contributed by atoms with Crippen LogP contribution < -0.4 is 0 Å². The Bertz CT molecular complexity index is 300. The molecule has 1 aromatic heterocycles. The molecule has 72 valence electrons. The molecule has 0 amide bonds. The molecule has 1 aromatic rings. The van der Waals surface area contributed by atoms with Gasteiger partial charge in [0.2, 0.25) is 0 Å². The molecule has 3 heteroatoms. The van der Waals surface area contributed by atoms with Gasteiger partial charge in [-0.2, -0.15) is 0 Å². The number of hydrogen-bond acceptors (Lipinski definition) is 2. The van der Waals surface area contributed by atoms with Gasteiger partial charge in [-0.05, 0) is 47.8 Å². The maximum atomic E-state index is 9.56. The Balaban J connectivity index is 2.06. The van der Waals surface area contributed by atoms with Gasteiger partial charge in [0.05, 0.1) is 6.10 Å². The standard InChI is InChI=1S/C10H13BrO2/c1-7(12)10(4-5-10)6-8-2-3-9(11)13-8/h2-3,7,12H,4-6H2,1H3. The second-order valence-corrected chi connectivity index (χ2v) is 4.70. The monoisotopic (exact) mass is 244 g/mol. The summed E-state index contributed by atoms with van der Waals surface area (Å²) in [5, 5.41) is 9.56. The lowest BCUT2D eigenvalue weighted by molar-refractivity contribution is 0.106. The fourth-order valence-electron chi connectivity index (χ4n) is 1.70. The van der Waals surface area contributed by atoms with E-state index < -0.39 is 0 Å². The topological polar surface area (TPSA) is 33.4 Å². The molecule has 0 spiro atoms. The van der Waals surface area contributed by atoms with E-state index in [2.05, 4.69) is 15.9 Å². The average molecular weight is 245 g/mol. The van der Waals surface area contributed by atoms with Crippen molar-refractivity contribution >= 4 is 15.9 Å². The molecule has 0 bridgehead atoms. The van der Waals surface area contributed by atoms with E-state index in [4.69, 9.17) is 4.42 Å². The highest BCUT2D eigenvalue weighted by Gasteiger charge is 2.47. The normalized spacial score (nSPS) is 21.5. The van der Waals surface area contributed by atoms with E-state index in [1.165, 1.54) is 0 Å². The minimum Gasteiger partial charge on any atom is -0.454 e. The SMILES string of the molecule is CC(O)C1(Cc2ccc(Br)o2)CC1. The van der Waals surface area contributed by atoms with Gasteiger partial charge < -0.3 is 9.52 Å². The molecule has 1 fully saturated rings. The Kier molecular flexibility index (Phi) is 2.24. The molecule has 1 N–H and O–H groups in total. The molecular formula is C10H13BrO2. The van der Waals surface area contributed by atoms with Crippen molar-refractivity contribution < 1.29 is 9.52 Å². The summed E-state index contributed by atoms with van der Waals surface area (Å²) >= 11 is 3.27. The average Bonchev–Trinajstić information content (AvgIpc) is 2.72. The van der Waals surface area contributed by atoms with Gasteiger partial charge in [-0.1, -0.05) is 0 Å². The maximum absolute atomic E-state index is 9.56. The fraction of sp³-hybridized carbons (Fsp3) is 0.600. The van der Waals surface area contributed by atoms with E-state index >= 15 is 0 Å². The predicted molar refractivity (Wildman–Crippen MR) is 53.5 cm³/mol. The van der Waals surface area contributed by atoms with Crippen molar-refractivity contribution in [2.24, 2.45) is 5.41 Å². The minimum atomic E-state index is -0.226. The summed E-state index contributed by atoms with van der Waals surface area (Å²) in [7, 11) is 0. The zero-order chi connectivity index (χ0) is 9.47. The zero-order valence-corrected chi connectivity index (χ0v) is 9.17. The predicted octanol–water partition coefficient (Wildman–Crippen LogP) is 2.75. The van der Waals surface area contributed by atoms with Crippen LogP contribution in [0, 0.1) is 5.41 Å². The third-order valence-corrected chi connectivity index (χ3v) is 3.36. The molecule has 0 radical (unpaired) electrons. The van der Waals surface area contributed by atoms with Gasteiger partial charge in [0.1, 0.15) is 5.76 Å². The van der Waals surface area contributed by atoms with E-state index in [0.717, 1.165) is 29.7 Å².